The van der Waals surface area contributed by atoms with E-state index in [1.807, 2.05) is 18.5 Å². The van der Waals surface area contributed by atoms with Crippen LogP contribution in [0.3, 0.4) is 0 Å². The van der Waals surface area contributed by atoms with Gasteiger partial charge in [0.1, 0.15) is 11.4 Å². The fraction of sp³-hybridized carbons (Fsp3) is 0.500. The van der Waals surface area contributed by atoms with Gasteiger partial charge in [-0.2, -0.15) is 5.10 Å². The van der Waals surface area contributed by atoms with E-state index in [-0.39, 0.29) is 24.1 Å². The monoisotopic (exact) mass is 432 g/mol. The Morgan fingerprint density at radius 3 is 3.00 bits per heavy atom. The molecule has 2 N–H and O–H groups in total. The van der Waals surface area contributed by atoms with Gasteiger partial charge in [-0.15, -0.1) is 12.4 Å². The van der Waals surface area contributed by atoms with Crippen molar-refractivity contribution in [3.05, 3.63) is 41.2 Å². The minimum atomic E-state index is -0.451. The van der Waals surface area contributed by atoms with Gasteiger partial charge in [0.2, 0.25) is 5.91 Å². The number of carbonyl (C=O) groups is 2. The van der Waals surface area contributed by atoms with Gasteiger partial charge in [-0.25, -0.2) is 0 Å². The molecular weight excluding hydrogens is 404 g/mol. The minimum Gasteiger partial charge on any atom is -0.486 e. The van der Waals surface area contributed by atoms with Crippen molar-refractivity contribution < 1.29 is 14.3 Å². The summed E-state index contributed by atoms with van der Waals surface area (Å²) in [5.41, 5.74) is 2.82. The molecular formula is C22H29ClN4O3. The number of nitrogens with one attached hydrogen (secondary N) is 2. The van der Waals surface area contributed by atoms with Gasteiger partial charge in [-0.1, -0.05) is 6.92 Å². The van der Waals surface area contributed by atoms with Crippen LogP contribution in [0.25, 0.3) is 0 Å². The van der Waals surface area contributed by atoms with Crippen molar-refractivity contribution in [2.75, 3.05) is 11.9 Å². The minimum absolute atomic E-state index is 0. The number of nitrogens with zero attached hydrogens (tertiary/aromatic N) is 2. The number of carbonyl (C=O) groups excluding carboxylic acids is 2. The number of fused-ring (bicyclic) bond motifs is 2. The summed E-state index contributed by atoms with van der Waals surface area (Å²) < 4.78 is 8.04. The number of hydrogen-bond donors (Lipinski definition) is 2. The highest BCUT2D eigenvalue weighted by atomic mass is 35.5. The fourth-order valence-electron chi connectivity index (χ4n) is 3.86. The molecule has 30 heavy (non-hydrogen) atoms. The van der Waals surface area contributed by atoms with Crippen LogP contribution in [0.4, 0.5) is 5.69 Å². The van der Waals surface area contributed by atoms with E-state index in [0.29, 0.717) is 36.3 Å². The predicted molar refractivity (Wildman–Crippen MR) is 117 cm³/mol. The van der Waals surface area contributed by atoms with Crippen LogP contribution < -0.4 is 15.4 Å². The molecule has 1 aromatic carbocycles. The number of aryl methyl sites for hydroxylation is 2. The van der Waals surface area contributed by atoms with Crippen LogP contribution in [0.1, 0.15) is 61.3 Å². The maximum Gasteiger partial charge on any atom is 0.224 e. The number of rotatable bonds is 5. The summed E-state index contributed by atoms with van der Waals surface area (Å²) in [6.45, 7) is 6.71. The van der Waals surface area contributed by atoms with Gasteiger partial charge < -0.3 is 15.4 Å². The molecule has 1 aromatic heterocycles. The lowest BCUT2D eigenvalue weighted by Crippen LogP contribution is -2.38. The third kappa shape index (κ3) is 4.84. The third-order valence-corrected chi connectivity index (χ3v) is 5.75. The maximum atomic E-state index is 12.5. The second-order valence-corrected chi connectivity index (χ2v) is 8.15. The molecule has 3 heterocycles. The van der Waals surface area contributed by atoms with Crippen LogP contribution in [0, 0.1) is 0 Å². The van der Waals surface area contributed by atoms with Crippen LogP contribution in [-0.4, -0.2) is 33.6 Å². The molecule has 2 aromatic rings. The standard InChI is InChI=1S/C22H28N4O3.ClH/c1-3-22(2)13-19(27)18-12-15(5-7-20(18)29-22)24-21(28)8-6-16-11-17-14-23-9-4-10-26(17)25-16;/h5,7,11-12,23H,3-4,6,8-10,13-14H2,1-2H3,(H,24,28);1H. The lowest BCUT2D eigenvalue weighted by Gasteiger charge is -2.34. The van der Waals surface area contributed by atoms with Gasteiger partial charge in [0, 0.05) is 31.6 Å². The van der Waals surface area contributed by atoms with E-state index in [1.165, 1.54) is 5.69 Å². The van der Waals surface area contributed by atoms with Crippen LogP contribution in [0.5, 0.6) is 5.75 Å². The molecule has 2 aliphatic heterocycles. The zero-order chi connectivity index (χ0) is 20.4. The van der Waals surface area contributed by atoms with E-state index in [2.05, 4.69) is 21.8 Å². The fourth-order valence-corrected chi connectivity index (χ4v) is 3.86. The molecule has 1 atom stereocenters. The second-order valence-electron chi connectivity index (χ2n) is 8.15. The number of aromatic nitrogens is 2. The number of Topliss-reactive ketones (excluding diaryl/α,β-unsaturated/α-hetero) is 1. The zero-order valence-corrected chi connectivity index (χ0v) is 18.3. The first-order chi connectivity index (χ1) is 14.0. The maximum absolute atomic E-state index is 12.5. The number of halogens is 1. The number of hydrogen-bond acceptors (Lipinski definition) is 5. The number of anilines is 1. The van der Waals surface area contributed by atoms with E-state index >= 15 is 0 Å². The summed E-state index contributed by atoms with van der Waals surface area (Å²) in [6, 6.07) is 7.35. The largest absolute Gasteiger partial charge is 0.486 e. The Morgan fingerprint density at radius 2 is 2.20 bits per heavy atom. The van der Waals surface area contributed by atoms with Gasteiger partial charge in [0.05, 0.1) is 23.4 Å². The number of amides is 1. The highest BCUT2D eigenvalue weighted by Gasteiger charge is 2.35. The molecule has 8 heteroatoms. The third-order valence-electron chi connectivity index (χ3n) is 5.75. The van der Waals surface area contributed by atoms with Crippen LogP contribution in [0.2, 0.25) is 0 Å². The SMILES string of the molecule is CCC1(C)CC(=O)c2cc(NC(=O)CCc3cc4n(n3)CCCNC4)ccc2O1.Cl. The Bertz CT molecular complexity index is 919. The van der Waals surface area contributed by atoms with Crippen LogP contribution in [0.15, 0.2) is 24.3 Å². The van der Waals surface area contributed by atoms with E-state index in [1.54, 1.807) is 18.2 Å². The van der Waals surface area contributed by atoms with Gasteiger partial charge >= 0.3 is 0 Å². The Morgan fingerprint density at radius 1 is 1.37 bits per heavy atom. The van der Waals surface area contributed by atoms with Crippen molar-refractivity contribution in [1.82, 2.24) is 15.1 Å². The second kappa shape index (κ2) is 9.18. The molecule has 0 spiro atoms. The smallest absolute Gasteiger partial charge is 0.224 e. The Kier molecular flexibility index (Phi) is 6.83. The first-order valence-electron chi connectivity index (χ1n) is 10.4. The summed E-state index contributed by atoms with van der Waals surface area (Å²) in [5.74, 6) is 0.561. The normalized spacial score (nSPS) is 20.3. The molecule has 0 radical (unpaired) electrons. The topological polar surface area (TPSA) is 85.2 Å². The molecule has 0 bridgehead atoms. The molecule has 0 fully saturated rings. The van der Waals surface area contributed by atoms with Crippen molar-refractivity contribution >= 4 is 29.8 Å². The van der Waals surface area contributed by atoms with E-state index in [9.17, 15) is 9.59 Å². The van der Waals surface area contributed by atoms with Crippen molar-refractivity contribution in [2.24, 2.45) is 0 Å². The Labute approximate surface area is 183 Å². The summed E-state index contributed by atoms with van der Waals surface area (Å²) in [6.07, 6.45) is 3.12. The van der Waals surface area contributed by atoms with E-state index < -0.39 is 5.60 Å². The average molecular weight is 433 g/mol. The molecule has 2 aliphatic rings. The first-order valence-corrected chi connectivity index (χ1v) is 10.4. The molecule has 0 saturated carbocycles. The van der Waals surface area contributed by atoms with E-state index in [4.69, 9.17) is 4.74 Å². The zero-order valence-electron chi connectivity index (χ0n) is 17.5. The van der Waals surface area contributed by atoms with Gasteiger partial charge in [0.15, 0.2) is 5.78 Å². The molecule has 162 valence electrons. The van der Waals surface area contributed by atoms with Crippen molar-refractivity contribution in [2.45, 2.75) is 64.6 Å². The molecule has 1 unspecified atom stereocenters. The van der Waals surface area contributed by atoms with Gasteiger partial charge in [-0.3, -0.25) is 14.3 Å². The molecule has 7 nitrogen and oxygen atoms in total. The highest BCUT2D eigenvalue weighted by molar-refractivity contribution is 6.02. The summed E-state index contributed by atoms with van der Waals surface area (Å²) in [5, 5.41) is 10.9. The molecule has 0 saturated heterocycles. The Balaban J connectivity index is 0.00000256. The first kappa shape index (κ1) is 22.3. The van der Waals surface area contributed by atoms with Crippen molar-refractivity contribution in [3.63, 3.8) is 0 Å². The summed E-state index contributed by atoms with van der Waals surface area (Å²) in [4.78, 5) is 24.9. The molecule has 0 aliphatic carbocycles. The summed E-state index contributed by atoms with van der Waals surface area (Å²) >= 11 is 0. The lowest BCUT2D eigenvalue weighted by molar-refractivity contribution is -0.116. The Hall–Kier alpha value is -2.38. The average Bonchev–Trinajstić information content (AvgIpc) is 2.96. The lowest BCUT2D eigenvalue weighted by atomic mass is 9.89. The molecule has 1 amide bonds. The summed E-state index contributed by atoms with van der Waals surface area (Å²) in [7, 11) is 0. The van der Waals surface area contributed by atoms with Gasteiger partial charge in [0.25, 0.3) is 0 Å². The van der Waals surface area contributed by atoms with Crippen LogP contribution in [-0.2, 0) is 24.3 Å². The number of ketones is 1. The van der Waals surface area contributed by atoms with Crippen molar-refractivity contribution in [3.8, 4) is 5.75 Å². The van der Waals surface area contributed by atoms with E-state index in [0.717, 1.165) is 38.2 Å². The van der Waals surface area contributed by atoms with Crippen molar-refractivity contribution in [1.29, 1.82) is 0 Å². The number of benzene rings is 1. The van der Waals surface area contributed by atoms with Gasteiger partial charge in [-0.05, 0) is 50.6 Å². The predicted octanol–water partition coefficient (Wildman–Crippen LogP) is 3.50. The van der Waals surface area contributed by atoms with Crippen LogP contribution >= 0.6 is 12.4 Å². The number of ether oxygens (including phenoxy) is 1. The highest BCUT2D eigenvalue weighted by Crippen LogP contribution is 2.36. The molecule has 4 rings (SSSR count). The quantitative estimate of drug-likeness (QED) is 0.755.